The SMILES string of the molecule is CC(=O)ON(/N=C/c1ccccc1Cl)C(=N)N. The van der Waals surface area contributed by atoms with Gasteiger partial charge in [0.05, 0.1) is 6.21 Å². The van der Waals surface area contributed by atoms with E-state index >= 15 is 0 Å². The third-order valence-corrected chi connectivity index (χ3v) is 1.97. The maximum Gasteiger partial charge on any atom is 0.332 e. The third kappa shape index (κ3) is 4.12. The molecular weight excluding hydrogens is 244 g/mol. The molecule has 0 saturated heterocycles. The number of hydrazone groups is 1. The molecule has 0 aromatic heterocycles. The van der Waals surface area contributed by atoms with Crippen LogP contribution in [-0.4, -0.2) is 23.3 Å². The number of carbonyl (C=O) groups excluding carboxylic acids is 1. The summed E-state index contributed by atoms with van der Waals surface area (Å²) in [5, 5.41) is 12.0. The first-order chi connectivity index (χ1) is 8.00. The van der Waals surface area contributed by atoms with E-state index in [0.717, 1.165) is 0 Å². The highest BCUT2D eigenvalue weighted by atomic mass is 35.5. The molecule has 0 aliphatic carbocycles. The first-order valence-corrected chi connectivity index (χ1v) is 4.99. The number of benzene rings is 1. The minimum atomic E-state index is -0.628. The molecule has 0 spiro atoms. The van der Waals surface area contributed by atoms with Crippen LogP contribution in [0.4, 0.5) is 0 Å². The van der Waals surface area contributed by atoms with Crippen LogP contribution >= 0.6 is 11.6 Å². The summed E-state index contributed by atoms with van der Waals surface area (Å²) in [6.45, 7) is 1.18. The second-order valence-corrected chi connectivity index (χ2v) is 3.41. The van der Waals surface area contributed by atoms with Gasteiger partial charge in [0.1, 0.15) is 0 Å². The minimum absolute atomic E-state index is 0.488. The summed E-state index contributed by atoms with van der Waals surface area (Å²) >= 11 is 5.89. The maximum absolute atomic E-state index is 10.7. The molecule has 17 heavy (non-hydrogen) atoms. The van der Waals surface area contributed by atoms with Crippen LogP contribution in [0.15, 0.2) is 29.4 Å². The van der Waals surface area contributed by atoms with Gasteiger partial charge in [-0.1, -0.05) is 35.0 Å². The molecule has 0 aliphatic heterocycles. The van der Waals surface area contributed by atoms with Crippen LogP contribution in [0.1, 0.15) is 12.5 Å². The average Bonchev–Trinajstić information content (AvgIpc) is 2.25. The highest BCUT2D eigenvalue weighted by Crippen LogP contribution is 2.12. The third-order valence-electron chi connectivity index (χ3n) is 1.63. The second kappa shape index (κ2) is 5.86. The fourth-order valence-corrected chi connectivity index (χ4v) is 1.14. The monoisotopic (exact) mass is 254 g/mol. The van der Waals surface area contributed by atoms with Crippen molar-refractivity contribution >= 4 is 29.7 Å². The number of guanidine groups is 1. The molecule has 1 aromatic carbocycles. The zero-order chi connectivity index (χ0) is 12.8. The highest BCUT2D eigenvalue weighted by molar-refractivity contribution is 6.33. The molecular formula is C10H11ClN4O2. The second-order valence-electron chi connectivity index (χ2n) is 3.01. The number of hydrogen-bond donors (Lipinski definition) is 2. The molecule has 3 N–H and O–H groups in total. The van der Waals surface area contributed by atoms with Gasteiger partial charge in [-0.25, -0.2) is 4.79 Å². The highest BCUT2D eigenvalue weighted by Gasteiger charge is 2.08. The number of nitrogens with two attached hydrogens (primary N) is 1. The first kappa shape index (κ1) is 13.0. The summed E-state index contributed by atoms with van der Waals surface area (Å²) < 4.78 is 0. The number of rotatable bonds is 2. The van der Waals surface area contributed by atoms with Gasteiger partial charge in [-0.05, 0) is 6.07 Å². The van der Waals surface area contributed by atoms with Crippen LogP contribution < -0.4 is 5.73 Å². The van der Waals surface area contributed by atoms with Crippen molar-refractivity contribution < 1.29 is 9.63 Å². The molecule has 7 heteroatoms. The van der Waals surface area contributed by atoms with Crippen LogP contribution in [0.2, 0.25) is 5.02 Å². The molecule has 1 rings (SSSR count). The van der Waals surface area contributed by atoms with Crippen molar-refractivity contribution in [3.8, 4) is 0 Å². The number of carbonyl (C=O) groups is 1. The maximum atomic E-state index is 10.7. The molecule has 90 valence electrons. The van der Waals surface area contributed by atoms with Gasteiger partial charge in [0.15, 0.2) is 0 Å². The van der Waals surface area contributed by atoms with Gasteiger partial charge in [0.25, 0.3) is 0 Å². The Hall–Kier alpha value is -2.08. The van der Waals surface area contributed by atoms with Gasteiger partial charge in [-0.2, -0.15) is 0 Å². The number of hydrogen-bond acceptors (Lipinski definition) is 4. The van der Waals surface area contributed by atoms with Gasteiger partial charge < -0.3 is 10.6 Å². The van der Waals surface area contributed by atoms with Crippen LogP contribution in [-0.2, 0) is 9.63 Å². The van der Waals surface area contributed by atoms with Crippen molar-refractivity contribution in [2.24, 2.45) is 10.8 Å². The van der Waals surface area contributed by atoms with Crippen molar-refractivity contribution in [1.82, 2.24) is 5.17 Å². The van der Waals surface area contributed by atoms with Gasteiger partial charge in [0.2, 0.25) is 5.96 Å². The van der Waals surface area contributed by atoms with E-state index in [1.807, 2.05) is 0 Å². The Morgan fingerprint density at radius 3 is 2.76 bits per heavy atom. The summed E-state index contributed by atoms with van der Waals surface area (Å²) in [5.41, 5.74) is 5.79. The van der Waals surface area contributed by atoms with Crippen molar-refractivity contribution in [3.05, 3.63) is 34.9 Å². The number of hydroxylamine groups is 1. The summed E-state index contributed by atoms with van der Waals surface area (Å²) in [6.07, 6.45) is 1.34. The number of halogens is 1. The first-order valence-electron chi connectivity index (χ1n) is 4.62. The van der Waals surface area contributed by atoms with Crippen molar-refractivity contribution in [3.63, 3.8) is 0 Å². The molecule has 0 amide bonds. The van der Waals surface area contributed by atoms with Crippen LogP contribution in [0.3, 0.4) is 0 Å². The van der Waals surface area contributed by atoms with E-state index in [1.54, 1.807) is 24.3 Å². The Bertz CT molecular complexity index is 461. The Labute approximate surface area is 103 Å². The molecule has 0 aliphatic rings. The number of nitrogens with zero attached hydrogens (tertiary/aromatic N) is 2. The van der Waals surface area contributed by atoms with Crippen molar-refractivity contribution in [2.75, 3.05) is 0 Å². The van der Waals surface area contributed by atoms with E-state index < -0.39 is 11.9 Å². The van der Waals surface area contributed by atoms with E-state index in [0.29, 0.717) is 15.8 Å². The van der Waals surface area contributed by atoms with E-state index in [4.69, 9.17) is 22.7 Å². The lowest BCUT2D eigenvalue weighted by molar-refractivity contribution is -0.170. The average molecular weight is 255 g/mol. The Kier molecular flexibility index (Phi) is 4.47. The molecule has 0 saturated carbocycles. The largest absolute Gasteiger partial charge is 0.366 e. The lowest BCUT2D eigenvalue weighted by Gasteiger charge is -2.13. The summed E-state index contributed by atoms with van der Waals surface area (Å²) in [5.74, 6) is -1.14. The predicted octanol–water partition coefficient (Wildman–Crippen LogP) is 1.35. The molecule has 0 fully saturated rings. The van der Waals surface area contributed by atoms with Gasteiger partial charge >= 0.3 is 5.97 Å². The van der Waals surface area contributed by atoms with E-state index in [2.05, 4.69) is 9.94 Å². The van der Waals surface area contributed by atoms with Crippen molar-refractivity contribution in [2.45, 2.75) is 6.92 Å². The quantitative estimate of drug-likeness (QED) is 0.473. The molecule has 6 nitrogen and oxygen atoms in total. The zero-order valence-corrected chi connectivity index (χ0v) is 9.81. The Morgan fingerprint density at radius 2 is 2.24 bits per heavy atom. The van der Waals surface area contributed by atoms with E-state index in [1.165, 1.54) is 13.1 Å². The Morgan fingerprint density at radius 1 is 1.59 bits per heavy atom. The normalized spacial score (nSPS) is 10.2. The standard InChI is InChI=1S/C10H11ClN4O2/c1-7(16)17-15(10(12)13)14-6-8-4-2-3-5-9(8)11/h2-6H,1H3,(H3,12,13)/b14-6+. The minimum Gasteiger partial charge on any atom is -0.366 e. The van der Waals surface area contributed by atoms with Crippen LogP contribution in [0.5, 0.6) is 0 Å². The molecule has 1 aromatic rings. The number of nitrogens with one attached hydrogen (secondary N) is 1. The summed E-state index contributed by atoms with van der Waals surface area (Å²) in [6, 6.07) is 6.95. The topological polar surface area (TPSA) is 91.8 Å². The lowest BCUT2D eigenvalue weighted by atomic mass is 10.2. The van der Waals surface area contributed by atoms with Gasteiger partial charge in [0, 0.05) is 17.5 Å². The smallest absolute Gasteiger partial charge is 0.332 e. The molecule has 0 unspecified atom stereocenters. The molecule has 0 heterocycles. The Balaban J connectivity index is 2.83. The zero-order valence-electron chi connectivity index (χ0n) is 9.05. The summed E-state index contributed by atoms with van der Waals surface area (Å²) in [4.78, 5) is 15.3. The predicted molar refractivity (Wildman–Crippen MR) is 64.6 cm³/mol. The van der Waals surface area contributed by atoms with Gasteiger partial charge in [-0.15, -0.1) is 5.10 Å². The lowest BCUT2D eigenvalue weighted by Crippen LogP contribution is -2.33. The summed E-state index contributed by atoms with van der Waals surface area (Å²) in [7, 11) is 0. The van der Waals surface area contributed by atoms with Gasteiger partial charge in [-0.3, -0.25) is 5.41 Å². The van der Waals surface area contributed by atoms with Crippen LogP contribution in [0.25, 0.3) is 0 Å². The molecule has 0 bridgehead atoms. The van der Waals surface area contributed by atoms with E-state index in [9.17, 15) is 4.79 Å². The van der Waals surface area contributed by atoms with E-state index in [-0.39, 0.29) is 0 Å². The molecule has 0 radical (unpaired) electrons. The van der Waals surface area contributed by atoms with Crippen LogP contribution in [0, 0.1) is 5.41 Å². The fourth-order valence-electron chi connectivity index (χ4n) is 0.951. The van der Waals surface area contributed by atoms with Crippen molar-refractivity contribution in [1.29, 1.82) is 5.41 Å². The fraction of sp³-hybridized carbons (Fsp3) is 0.100. The molecule has 0 atom stereocenters.